The number of carbonyl (C=O) groups excluding carboxylic acids is 1. The van der Waals surface area contributed by atoms with Crippen molar-refractivity contribution in [1.29, 1.82) is 0 Å². The van der Waals surface area contributed by atoms with Crippen LogP contribution in [0.2, 0.25) is 10.0 Å². The molecule has 3 rings (SSSR count). The first kappa shape index (κ1) is 17.2. The van der Waals surface area contributed by atoms with E-state index in [1.54, 1.807) is 42.6 Å². The zero-order chi connectivity index (χ0) is 17.8. The maximum absolute atomic E-state index is 13.3. The molecule has 2 aromatic carbocycles. The van der Waals surface area contributed by atoms with E-state index in [0.717, 1.165) is 0 Å². The number of nitrogens with zero attached hydrogens (tertiary/aromatic N) is 1. The number of hydrogen-bond acceptors (Lipinski definition) is 3. The average molecular weight is 376 g/mol. The minimum Gasteiger partial charge on any atom is -0.340 e. The fourth-order valence-electron chi connectivity index (χ4n) is 2.15. The van der Waals surface area contributed by atoms with Gasteiger partial charge in [0.1, 0.15) is 11.6 Å². The Balaban J connectivity index is 1.86. The summed E-state index contributed by atoms with van der Waals surface area (Å²) in [5, 5.41) is 6.11. The van der Waals surface area contributed by atoms with Crippen LogP contribution in [0.1, 0.15) is 10.4 Å². The summed E-state index contributed by atoms with van der Waals surface area (Å²) >= 11 is 11.8. The van der Waals surface area contributed by atoms with Gasteiger partial charge in [-0.05, 0) is 42.5 Å². The van der Waals surface area contributed by atoms with Gasteiger partial charge in [-0.25, -0.2) is 9.37 Å². The lowest BCUT2D eigenvalue weighted by atomic mass is 10.2. The van der Waals surface area contributed by atoms with Crippen molar-refractivity contribution in [1.82, 2.24) is 4.98 Å². The minimum atomic E-state index is -0.523. The van der Waals surface area contributed by atoms with E-state index in [4.69, 9.17) is 23.2 Å². The van der Waals surface area contributed by atoms with Crippen molar-refractivity contribution in [3.8, 4) is 0 Å². The van der Waals surface area contributed by atoms with Gasteiger partial charge in [0.2, 0.25) is 0 Å². The molecule has 4 nitrogen and oxygen atoms in total. The number of aromatic nitrogens is 1. The van der Waals surface area contributed by atoms with Crippen LogP contribution < -0.4 is 10.6 Å². The highest BCUT2D eigenvalue weighted by Gasteiger charge is 2.14. The first-order chi connectivity index (χ1) is 12.0. The third kappa shape index (κ3) is 4.07. The number of rotatable bonds is 4. The van der Waals surface area contributed by atoms with E-state index in [1.807, 2.05) is 0 Å². The Labute approximate surface area is 153 Å². The molecule has 0 saturated heterocycles. The Kier molecular flexibility index (Phi) is 5.16. The standard InChI is InChI=1S/C18H12Cl2FN3O/c19-13-5-1-2-6-16(13)24-18(25)12-4-3-9-22-17(12)23-11-7-8-15(21)14(20)10-11/h1-10H,(H,22,23)(H,24,25). The number of nitrogens with one attached hydrogen (secondary N) is 2. The Morgan fingerprint density at radius 1 is 1.00 bits per heavy atom. The van der Waals surface area contributed by atoms with Crippen LogP contribution in [-0.4, -0.2) is 10.9 Å². The fourth-order valence-corrected chi connectivity index (χ4v) is 2.51. The molecule has 0 spiro atoms. The normalized spacial score (nSPS) is 10.4. The third-order valence-corrected chi connectivity index (χ3v) is 3.98. The topological polar surface area (TPSA) is 54.0 Å². The Hall–Kier alpha value is -2.63. The summed E-state index contributed by atoms with van der Waals surface area (Å²) in [5.74, 6) is -0.587. The summed E-state index contributed by atoms with van der Waals surface area (Å²) in [6, 6.07) is 14.3. The van der Waals surface area contributed by atoms with Crippen molar-refractivity contribution in [2.45, 2.75) is 0 Å². The van der Waals surface area contributed by atoms with Gasteiger partial charge in [0, 0.05) is 11.9 Å². The summed E-state index contributed by atoms with van der Waals surface area (Å²) in [7, 11) is 0. The number of carbonyl (C=O) groups is 1. The highest BCUT2D eigenvalue weighted by Crippen LogP contribution is 2.25. The molecule has 1 heterocycles. The van der Waals surface area contributed by atoms with Crippen molar-refractivity contribution in [2.24, 2.45) is 0 Å². The Morgan fingerprint density at radius 3 is 2.56 bits per heavy atom. The Morgan fingerprint density at radius 2 is 1.80 bits per heavy atom. The molecular weight excluding hydrogens is 364 g/mol. The smallest absolute Gasteiger partial charge is 0.259 e. The van der Waals surface area contributed by atoms with Gasteiger partial charge in [-0.2, -0.15) is 0 Å². The molecule has 0 saturated carbocycles. The van der Waals surface area contributed by atoms with E-state index < -0.39 is 5.82 Å². The number of anilines is 3. The maximum atomic E-state index is 13.3. The molecular formula is C18H12Cl2FN3O. The van der Waals surface area contributed by atoms with E-state index in [-0.39, 0.29) is 10.9 Å². The van der Waals surface area contributed by atoms with E-state index in [0.29, 0.717) is 27.8 Å². The molecule has 0 fully saturated rings. The van der Waals surface area contributed by atoms with Gasteiger partial charge in [-0.3, -0.25) is 4.79 Å². The van der Waals surface area contributed by atoms with Crippen LogP contribution in [0.15, 0.2) is 60.8 Å². The predicted molar refractivity (Wildman–Crippen MR) is 98.3 cm³/mol. The minimum absolute atomic E-state index is 0.0250. The number of hydrogen-bond donors (Lipinski definition) is 2. The van der Waals surface area contributed by atoms with Gasteiger partial charge < -0.3 is 10.6 Å². The van der Waals surface area contributed by atoms with Gasteiger partial charge >= 0.3 is 0 Å². The van der Waals surface area contributed by atoms with Gasteiger partial charge in [0.15, 0.2) is 0 Å². The number of amides is 1. The summed E-state index contributed by atoms with van der Waals surface area (Å²) in [6.07, 6.45) is 1.54. The summed E-state index contributed by atoms with van der Waals surface area (Å²) in [4.78, 5) is 16.7. The summed E-state index contributed by atoms with van der Waals surface area (Å²) in [6.45, 7) is 0. The first-order valence-corrected chi connectivity index (χ1v) is 8.03. The number of pyridine rings is 1. The zero-order valence-electron chi connectivity index (χ0n) is 12.8. The monoisotopic (exact) mass is 375 g/mol. The quantitative estimate of drug-likeness (QED) is 0.630. The molecule has 0 unspecified atom stereocenters. The van der Waals surface area contributed by atoms with Gasteiger partial charge in [0.05, 0.1) is 21.3 Å². The van der Waals surface area contributed by atoms with E-state index >= 15 is 0 Å². The van der Waals surface area contributed by atoms with Crippen LogP contribution in [0.4, 0.5) is 21.6 Å². The fraction of sp³-hybridized carbons (Fsp3) is 0. The predicted octanol–water partition coefficient (Wildman–Crippen LogP) is 5.52. The number of benzene rings is 2. The molecule has 25 heavy (non-hydrogen) atoms. The molecule has 0 aliphatic heterocycles. The maximum Gasteiger partial charge on any atom is 0.259 e. The summed E-state index contributed by atoms with van der Waals surface area (Å²) < 4.78 is 13.3. The van der Waals surface area contributed by atoms with Crippen molar-refractivity contribution >= 4 is 46.3 Å². The van der Waals surface area contributed by atoms with E-state index in [1.165, 1.54) is 18.2 Å². The Bertz CT molecular complexity index is 934. The molecule has 7 heteroatoms. The lowest BCUT2D eigenvalue weighted by molar-refractivity contribution is 0.102. The highest BCUT2D eigenvalue weighted by atomic mass is 35.5. The second kappa shape index (κ2) is 7.51. The van der Waals surface area contributed by atoms with Gasteiger partial charge in [0.25, 0.3) is 5.91 Å². The van der Waals surface area contributed by atoms with Crippen LogP contribution in [-0.2, 0) is 0 Å². The van der Waals surface area contributed by atoms with E-state index in [9.17, 15) is 9.18 Å². The second-order valence-corrected chi connectivity index (χ2v) is 5.90. The van der Waals surface area contributed by atoms with Crippen LogP contribution in [0.25, 0.3) is 0 Å². The lowest BCUT2D eigenvalue weighted by Crippen LogP contribution is -2.15. The van der Waals surface area contributed by atoms with Crippen LogP contribution in [0.3, 0.4) is 0 Å². The largest absolute Gasteiger partial charge is 0.340 e. The molecule has 0 bridgehead atoms. The van der Waals surface area contributed by atoms with E-state index in [2.05, 4.69) is 15.6 Å². The van der Waals surface area contributed by atoms with Gasteiger partial charge in [-0.1, -0.05) is 35.3 Å². The molecule has 0 aliphatic rings. The lowest BCUT2D eigenvalue weighted by Gasteiger charge is -2.12. The molecule has 0 aliphatic carbocycles. The molecule has 126 valence electrons. The highest BCUT2D eigenvalue weighted by molar-refractivity contribution is 6.34. The second-order valence-electron chi connectivity index (χ2n) is 5.09. The molecule has 0 radical (unpaired) electrons. The van der Waals surface area contributed by atoms with Crippen LogP contribution in [0, 0.1) is 5.82 Å². The zero-order valence-corrected chi connectivity index (χ0v) is 14.3. The molecule has 1 amide bonds. The number of halogens is 3. The third-order valence-electron chi connectivity index (χ3n) is 3.36. The first-order valence-electron chi connectivity index (χ1n) is 7.27. The molecule has 1 aromatic heterocycles. The SMILES string of the molecule is O=C(Nc1ccccc1Cl)c1cccnc1Nc1ccc(F)c(Cl)c1. The van der Waals surface area contributed by atoms with Crippen LogP contribution >= 0.6 is 23.2 Å². The molecule has 2 N–H and O–H groups in total. The van der Waals surface area contributed by atoms with Crippen molar-refractivity contribution in [3.63, 3.8) is 0 Å². The van der Waals surface area contributed by atoms with Crippen molar-refractivity contribution < 1.29 is 9.18 Å². The molecule has 0 atom stereocenters. The average Bonchev–Trinajstić information content (AvgIpc) is 2.60. The van der Waals surface area contributed by atoms with Crippen LogP contribution in [0.5, 0.6) is 0 Å². The summed E-state index contributed by atoms with van der Waals surface area (Å²) in [5.41, 5.74) is 1.31. The van der Waals surface area contributed by atoms with Gasteiger partial charge in [-0.15, -0.1) is 0 Å². The number of para-hydroxylation sites is 1. The van der Waals surface area contributed by atoms with Crippen molar-refractivity contribution in [2.75, 3.05) is 10.6 Å². The van der Waals surface area contributed by atoms with Crippen molar-refractivity contribution in [3.05, 3.63) is 82.2 Å². The molecule has 3 aromatic rings.